The average molecular weight is 554 g/mol. The minimum absolute atomic E-state index is 0.0601. The van der Waals surface area contributed by atoms with E-state index in [1.54, 1.807) is 0 Å². The van der Waals surface area contributed by atoms with E-state index in [9.17, 15) is 9.59 Å². The largest absolute Gasteiger partial charge is 0.489 e. The third-order valence-corrected chi connectivity index (χ3v) is 8.58. The fourth-order valence-electron chi connectivity index (χ4n) is 6.24. The van der Waals surface area contributed by atoms with Crippen LogP contribution >= 0.6 is 0 Å². The maximum absolute atomic E-state index is 14.2. The first-order valence-electron chi connectivity index (χ1n) is 15.0. The van der Waals surface area contributed by atoms with Crippen molar-refractivity contribution < 1.29 is 14.3 Å². The normalized spacial score (nSPS) is 17.4. The minimum atomic E-state index is -0.665. The van der Waals surface area contributed by atoms with Gasteiger partial charge < -0.3 is 15.0 Å². The number of hydrogen-bond donors (Lipinski definition) is 1. The van der Waals surface area contributed by atoms with Crippen molar-refractivity contribution >= 4 is 11.8 Å². The van der Waals surface area contributed by atoms with Crippen molar-refractivity contribution in [1.82, 2.24) is 15.1 Å². The molecule has 1 fully saturated rings. The van der Waals surface area contributed by atoms with Crippen LogP contribution in [0, 0.1) is 0 Å². The van der Waals surface area contributed by atoms with Gasteiger partial charge in [-0.25, -0.2) is 0 Å². The maximum atomic E-state index is 14.2. The molecule has 1 N–H and O–H groups in total. The van der Waals surface area contributed by atoms with Gasteiger partial charge in [-0.05, 0) is 81.3 Å². The van der Waals surface area contributed by atoms with Crippen molar-refractivity contribution in [2.75, 3.05) is 19.6 Å². The van der Waals surface area contributed by atoms with Gasteiger partial charge in [-0.2, -0.15) is 0 Å². The van der Waals surface area contributed by atoms with Crippen LogP contribution < -0.4 is 10.1 Å². The quantitative estimate of drug-likeness (QED) is 0.333. The number of ether oxygens (including phenoxy) is 1. The summed E-state index contributed by atoms with van der Waals surface area (Å²) in [5.74, 6) is 0.720. The molecule has 3 aromatic rings. The Morgan fingerprint density at radius 3 is 2.24 bits per heavy atom. The van der Waals surface area contributed by atoms with Crippen LogP contribution in [0.1, 0.15) is 68.8 Å². The van der Waals surface area contributed by atoms with Gasteiger partial charge >= 0.3 is 0 Å². The van der Waals surface area contributed by atoms with E-state index in [1.165, 1.54) is 0 Å². The number of nitrogens with one attached hydrogen (secondary N) is 1. The third kappa shape index (κ3) is 6.33. The number of amides is 2. The molecule has 1 unspecified atom stereocenters. The number of carbonyl (C=O) groups excluding carboxylic acids is 2. The number of carbonyl (C=O) groups is 2. The highest BCUT2D eigenvalue weighted by Gasteiger charge is 2.55. The molecule has 1 aliphatic carbocycles. The predicted octanol–water partition coefficient (Wildman–Crippen LogP) is 5.66. The van der Waals surface area contributed by atoms with E-state index in [0.717, 1.165) is 47.4 Å². The first-order valence-corrected chi connectivity index (χ1v) is 15.0. The number of rotatable bonds is 11. The van der Waals surface area contributed by atoms with Crippen LogP contribution in [0.3, 0.4) is 0 Å². The fraction of sp³-hybridized carbons (Fsp3) is 0.429. The molecular weight excluding hydrogens is 510 g/mol. The fourth-order valence-corrected chi connectivity index (χ4v) is 6.24. The second kappa shape index (κ2) is 12.5. The highest BCUT2D eigenvalue weighted by molar-refractivity contribution is 5.96. The van der Waals surface area contributed by atoms with Gasteiger partial charge in [0, 0.05) is 31.7 Å². The molecule has 41 heavy (non-hydrogen) atoms. The first kappa shape index (κ1) is 28.9. The van der Waals surface area contributed by atoms with Gasteiger partial charge in [-0.15, -0.1) is 0 Å². The number of benzene rings is 3. The SMILES string of the molecule is CC(C)N(CCNC(=O)C1c2ccc(OCc3ccccc3)cc2CCN1C(=O)C1(c2ccccc2)CC1)C(C)C. The van der Waals surface area contributed by atoms with Gasteiger partial charge in [0.1, 0.15) is 18.4 Å². The zero-order chi connectivity index (χ0) is 29.0. The molecule has 0 bridgehead atoms. The predicted molar refractivity (Wildman–Crippen MR) is 163 cm³/mol. The molecule has 3 aromatic carbocycles. The highest BCUT2D eigenvalue weighted by atomic mass is 16.5. The summed E-state index contributed by atoms with van der Waals surface area (Å²) < 4.78 is 6.10. The van der Waals surface area contributed by atoms with E-state index < -0.39 is 11.5 Å². The van der Waals surface area contributed by atoms with Gasteiger partial charge in [0.25, 0.3) is 0 Å². The van der Waals surface area contributed by atoms with Crippen molar-refractivity contribution in [2.45, 2.75) is 77.1 Å². The van der Waals surface area contributed by atoms with E-state index in [0.29, 0.717) is 38.2 Å². The van der Waals surface area contributed by atoms with Crippen molar-refractivity contribution in [3.8, 4) is 5.75 Å². The Kier molecular flexibility index (Phi) is 8.79. The van der Waals surface area contributed by atoms with Crippen molar-refractivity contribution in [3.05, 3.63) is 101 Å². The molecule has 2 aliphatic rings. The molecule has 0 spiro atoms. The topological polar surface area (TPSA) is 61.9 Å². The number of fused-ring (bicyclic) bond motifs is 1. The van der Waals surface area contributed by atoms with E-state index >= 15 is 0 Å². The summed E-state index contributed by atoms with van der Waals surface area (Å²) in [5.41, 5.74) is 3.58. The molecule has 1 atom stereocenters. The van der Waals surface area contributed by atoms with Crippen molar-refractivity contribution in [3.63, 3.8) is 0 Å². The second-order valence-electron chi connectivity index (χ2n) is 12.0. The summed E-state index contributed by atoms with van der Waals surface area (Å²) in [4.78, 5) is 32.3. The van der Waals surface area contributed by atoms with E-state index in [1.807, 2.05) is 83.8 Å². The summed E-state index contributed by atoms with van der Waals surface area (Å²) in [6.07, 6.45) is 2.32. The summed E-state index contributed by atoms with van der Waals surface area (Å²) in [5, 5.41) is 3.19. The maximum Gasteiger partial charge on any atom is 0.247 e. The van der Waals surface area contributed by atoms with Crippen molar-refractivity contribution in [2.24, 2.45) is 0 Å². The van der Waals surface area contributed by atoms with Gasteiger partial charge in [0.15, 0.2) is 0 Å². The lowest BCUT2D eigenvalue weighted by molar-refractivity contribution is -0.143. The number of hydrogen-bond acceptors (Lipinski definition) is 4. The van der Waals surface area contributed by atoms with Crippen molar-refractivity contribution in [1.29, 1.82) is 0 Å². The van der Waals surface area contributed by atoms with Crippen LogP contribution in [0.2, 0.25) is 0 Å². The van der Waals surface area contributed by atoms with Crippen LogP contribution in [-0.4, -0.2) is 53.3 Å². The monoisotopic (exact) mass is 553 g/mol. The van der Waals surface area contributed by atoms with Crippen LogP contribution in [0.5, 0.6) is 5.75 Å². The van der Waals surface area contributed by atoms with Gasteiger partial charge in [0.05, 0.1) is 5.41 Å². The average Bonchev–Trinajstić information content (AvgIpc) is 3.80. The summed E-state index contributed by atoms with van der Waals surface area (Å²) in [6.45, 7) is 11.0. The molecule has 0 saturated heterocycles. The molecular formula is C35H43N3O3. The van der Waals surface area contributed by atoms with Gasteiger partial charge in [0.2, 0.25) is 11.8 Å². The molecule has 216 valence electrons. The second-order valence-corrected chi connectivity index (χ2v) is 12.0. The molecule has 1 saturated carbocycles. The van der Waals surface area contributed by atoms with E-state index in [4.69, 9.17) is 4.74 Å². The van der Waals surface area contributed by atoms with Crippen LogP contribution in [0.15, 0.2) is 78.9 Å². The Labute approximate surface area is 244 Å². The standard InChI is InChI=1S/C35H43N3O3/c1-25(2)37(26(3)4)22-20-36-33(39)32-31-16-15-30(41-24-27-11-7-5-8-12-27)23-28(31)17-21-38(32)34(40)35(18-19-35)29-13-9-6-10-14-29/h5-16,23,25-26,32H,17-22,24H2,1-4H3,(H,36,39). The Morgan fingerprint density at radius 2 is 1.61 bits per heavy atom. The molecule has 0 radical (unpaired) electrons. The van der Waals surface area contributed by atoms with Gasteiger partial charge in [-0.1, -0.05) is 66.7 Å². The lowest BCUT2D eigenvalue weighted by atomic mass is 9.88. The van der Waals surface area contributed by atoms with Gasteiger partial charge in [-0.3, -0.25) is 14.5 Å². The summed E-state index contributed by atoms with van der Waals surface area (Å²) >= 11 is 0. The molecule has 0 aromatic heterocycles. The molecule has 2 amide bonds. The van der Waals surface area contributed by atoms with Crippen LogP contribution in [0.25, 0.3) is 0 Å². The lowest BCUT2D eigenvalue weighted by Crippen LogP contribution is -2.51. The molecule has 5 rings (SSSR count). The summed E-state index contributed by atoms with van der Waals surface area (Å²) in [6, 6.07) is 26.2. The smallest absolute Gasteiger partial charge is 0.247 e. The van der Waals surface area contributed by atoms with Crippen LogP contribution in [0.4, 0.5) is 0 Å². The molecule has 6 nitrogen and oxygen atoms in total. The molecule has 1 aliphatic heterocycles. The Hall–Kier alpha value is -3.64. The number of nitrogens with zero attached hydrogens (tertiary/aromatic N) is 2. The summed E-state index contributed by atoms with van der Waals surface area (Å²) in [7, 11) is 0. The first-order chi connectivity index (χ1) is 19.8. The third-order valence-electron chi connectivity index (χ3n) is 8.58. The Balaban J connectivity index is 1.38. The Morgan fingerprint density at radius 1 is 0.951 bits per heavy atom. The molecule has 1 heterocycles. The van der Waals surface area contributed by atoms with Crippen LogP contribution in [-0.2, 0) is 28.0 Å². The zero-order valence-electron chi connectivity index (χ0n) is 24.8. The molecule has 6 heteroatoms. The van der Waals surface area contributed by atoms with E-state index in [-0.39, 0.29) is 11.8 Å². The van der Waals surface area contributed by atoms with E-state index in [2.05, 4.69) is 37.9 Å². The lowest BCUT2D eigenvalue weighted by Gasteiger charge is -2.39. The Bertz CT molecular complexity index is 1330. The highest BCUT2D eigenvalue weighted by Crippen LogP contribution is 2.51. The minimum Gasteiger partial charge on any atom is -0.489 e. The zero-order valence-corrected chi connectivity index (χ0v) is 24.8.